The Morgan fingerprint density at radius 2 is 2.00 bits per heavy atom. The zero-order chi connectivity index (χ0) is 15.4. The summed E-state index contributed by atoms with van der Waals surface area (Å²) in [6.07, 6.45) is 4.87. The Morgan fingerprint density at radius 3 is 2.73 bits per heavy atom. The van der Waals surface area contributed by atoms with Crippen molar-refractivity contribution in [3.05, 3.63) is 72.2 Å². The Hall–Kier alpha value is -2.80. The lowest BCUT2D eigenvalue weighted by Gasteiger charge is -2.13. The number of pyridine rings is 1. The highest BCUT2D eigenvalue weighted by Gasteiger charge is 2.14. The summed E-state index contributed by atoms with van der Waals surface area (Å²) in [6.45, 7) is 0.195. The minimum Gasteiger partial charge on any atom is -0.256 e. The SMILES string of the molecule is Fc1cc(F)c(-c2ccccn2)c(CNNn2cccn2)c1. The van der Waals surface area contributed by atoms with E-state index in [2.05, 4.69) is 21.0 Å². The van der Waals surface area contributed by atoms with Gasteiger partial charge in [0.25, 0.3) is 0 Å². The molecule has 5 nitrogen and oxygen atoms in total. The average molecular weight is 301 g/mol. The Labute approximate surface area is 125 Å². The fourth-order valence-corrected chi connectivity index (χ4v) is 2.11. The maximum Gasteiger partial charge on any atom is 0.135 e. The molecule has 1 aromatic carbocycles. The van der Waals surface area contributed by atoms with Gasteiger partial charge in [0.15, 0.2) is 0 Å². The van der Waals surface area contributed by atoms with Gasteiger partial charge in [-0.25, -0.2) is 19.7 Å². The second kappa shape index (κ2) is 6.31. The van der Waals surface area contributed by atoms with E-state index in [0.717, 1.165) is 6.07 Å². The van der Waals surface area contributed by atoms with Crippen molar-refractivity contribution in [2.75, 3.05) is 5.53 Å². The van der Waals surface area contributed by atoms with E-state index in [1.165, 1.54) is 10.9 Å². The summed E-state index contributed by atoms with van der Waals surface area (Å²) in [5.74, 6) is -1.28. The number of halogens is 2. The van der Waals surface area contributed by atoms with Crippen molar-refractivity contribution >= 4 is 0 Å². The molecule has 0 amide bonds. The van der Waals surface area contributed by atoms with Gasteiger partial charge in [-0.2, -0.15) is 9.89 Å². The predicted molar refractivity (Wildman–Crippen MR) is 78.0 cm³/mol. The van der Waals surface area contributed by atoms with Gasteiger partial charge in [-0.05, 0) is 29.8 Å². The first-order valence-corrected chi connectivity index (χ1v) is 6.62. The van der Waals surface area contributed by atoms with Gasteiger partial charge in [0.05, 0.1) is 11.9 Å². The summed E-state index contributed by atoms with van der Waals surface area (Å²) in [5, 5.41) is 3.95. The van der Waals surface area contributed by atoms with Crippen LogP contribution in [0.4, 0.5) is 8.78 Å². The topological polar surface area (TPSA) is 54.8 Å². The molecule has 0 aliphatic heterocycles. The van der Waals surface area contributed by atoms with Crippen molar-refractivity contribution in [1.82, 2.24) is 20.3 Å². The molecule has 0 unspecified atom stereocenters. The normalized spacial score (nSPS) is 10.6. The van der Waals surface area contributed by atoms with Crippen molar-refractivity contribution in [3.8, 4) is 11.3 Å². The van der Waals surface area contributed by atoms with E-state index in [4.69, 9.17) is 0 Å². The van der Waals surface area contributed by atoms with Gasteiger partial charge in [-0.15, -0.1) is 0 Å². The van der Waals surface area contributed by atoms with Crippen molar-refractivity contribution in [1.29, 1.82) is 0 Å². The first-order chi connectivity index (χ1) is 10.7. The quantitative estimate of drug-likeness (QED) is 0.711. The highest BCUT2D eigenvalue weighted by atomic mass is 19.1. The van der Waals surface area contributed by atoms with Crippen LogP contribution in [0.25, 0.3) is 11.3 Å². The van der Waals surface area contributed by atoms with E-state index in [1.54, 1.807) is 42.9 Å². The van der Waals surface area contributed by atoms with E-state index in [9.17, 15) is 8.78 Å². The molecule has 22 heavy (non-hydrogen) atoms. The van der Waals surface area contributed by atoms with Crippen LogP contribution in [-0.4, -0.2) is 14.9 Å². The van der Waals surface area contributed by atoms with Crippen LogP contribution in [0.5, 0.6) is 0 Å². The van der Waals surface area contributed by atoms with Crippen molar-refractivity contribution in [2.45, 2.75) is 6.54 Å². The number of hydrazine groups is 1. The van der Waals surface area contributed by atoms with Crippen LogP contribution in [0, 0.1) is 11.6 Å². The molecular weight excluding hydrogens is 288 g/mol. The first-order valence-electron chi connectivity index (χ1n) is 6.62. The molecule has 2 heterocycles. The fraction of sp³-hybridized carbons (Fsp3) is 0.0667. The number of aromatic nitrogens is 3. The third-order valence-electron chi connectivity index (χ3n) is 3.03. The van der Waals surface area contributed by atoms with Crippen molar-refractivity contribution in [2.24, 2.45) is 0 Å². The molecule has 7 heteroatoms. The molecule has 3 rings (SSSR count). The molecule has 2 aromatic heterocycles. The highest BCUT2D eigenvalue weighted by Crippen LogP contribution is 2.26. The fourth-order valence-electron chi connectivity index (χ4n) is 2.11. The van der Waals surface area contributed by atoms with Gasteiger partial charge in [-0.1, -0.05) is 6.07 Å². The molecule has 0 aliphatic rings. The maximum absolute atomic E-state index is 14.2. The number of hydrogen-bond acceptors (Lipinski definition) is 4. The zero-order valence-electron chi connectivity index (χ0n) is 11.5. The van der Waals surface area contributed by atoms with Crippen LogP contribution in [-0.2, 0) is 6.54 Å². The average Bonchev–Trinajstić information content (AvgIpc) is 3.01. The minimum atomic E-state index is -0.644. The molecule has 0 radical (unpaired) electrons. The summed E-state index contributed by atoms with van der Waals surface area (Å²) >= 11 is 0. The van der Waals surface area contributed by atoms with Gasteiger partial charge in [0.2, 0.25) is 0 Å². The van der Waals surface area contributed by atoms with E-state index >= 15 is 0 Å². The monoisotopic (exact) mass is 301 g/mol. The molecule has 0 bridgehead atoms. The van der Waals surface area contributed by atoms with E-state index in [-0.39, 0.29) is 12.1 Å². The lowest BCUT2D eigenvalue weighted by Crippen LogP contribution is -2.30. The lowest BCUT2D eigenvalue weighted by molar-refractivity contribution is 0.574. The molecule has 2 N–H and O–H groups in total. The maximum atomic E-state index is 14.2. The Balaban J connectivity index is 1.86. The number of rotatable bonds is 5. The number of benzene rings is 1. The van der Waals surface area contributed by atoms with Gasteiger partial charge < -0.3 is 0 Å². The lowest BCUT2D eigenvalue weighted by atomic mass is 10.0. The minimum absolute atomic E-state index is 0.195. The van der Waals surface area contributed by atoms with E-state index in [1.807, 2.05) is 0 Å². The number of hydrogen-bond donors (Lipinski definition) is 2. The van der Waals surface area contributed by atoms with Crippen LogP contribution >= 0.6 is 0 Å². The first kappa shape index (κ1) is 14.2. The number of nitrogens with zero attached hydrogens (tertiary/aromatic N) is 3. The molecular formula is C15H13F2N5. The molecule has 3 aromatic rings. The third kappa shape index (κ3) is 3.09. The third-order valence-corrected chi connectivity index (χ3v) is 3.03. The second-order valence-corrected chi connectivity index (χ2v) is 4.55. The smallest absolute Gasteiger partial charge is 0.135 e. The van der Waals surface area contributed by atoms with Gasteiger partial charge >= 0.3 is 0 Å². The highest BCUT2D eigenvalue weighted by molar-refractivity contribution is 5.64. The van der Waals surface area contributed by atoms with Crippen LogP contribution < -0.4 is 11.0 Å². The predicted octanol–water partition coefficient (Wildman–Crippen LogP) is 2.47. The van der Waals surface area contributed by atoms with Crippen LogP contribution in [0.2, 0.25) is 0 Å². The molecule has 0 spiro atoms. The summed E-state index contributed by atoms with van der Waals surface area (Å²) < 4.78 is 27.6. The van der Waals surface area contributed by atoms with Gasteiger partial charge in [-0.3, -0.25) is 4.98 Å². The molecule has 0 atom stereocenters. The second-order valence-electron chi connectivity index (χ2n) is 4.55. The van der Waals surface area contributed by atoms with Crippen LogP contribution in [0.3, 0.4) is 0 Å². The Morgan fingerprint density at radius 1 is 1.09 bits per heavy atom. The Kier molecular flexibility index (Phi) is 4.06. The molecule has 112 valence electrons. The zero-order valence-corrected chi connectivity index (χ0v) is 11.5. The number of nitrogens with one attached hydrogen (secondary N) is 2. The molecule has 0 aliphatic carbocycles. The van der Waals surface area contributed by atoms with Crippen LogP contribution in [0.15, 0.2) is 55.0 Å². The van der Waals surface area contributed by atoms with Crippen molar-refractivity contribution < 1.29 is 8.78 Å². The largest absolute Gasteiger partial charge is 0.256 e. The molecule has 0 saturated heterocycles. The summed E-state index contributed by atoms with van der Waals surface area (Å²) in [6, 6.07) is 9.06. The van der Waals surface area contributed by atoms with E-state index in [0.29, 0.717) is 11.3 Å². The molecule has 0 saturated carbocycles. The standard InChI is InChI=1S/C15H13F2N5/c16-12-8-11(10-19-21-22-7-3-6-20-22)15(13(17)9-12)14-4-1-2-5-18-14/h1-9,19,21H,10H2. The summed E-state index contributed by atoms with van der Waals surface area (Å²) in [5.41, 5.74) is 6.82. The molecule has 0 fully saturated rings. The summed E-state index contributed by atoms with van der Waals surface area (Å²) in [4.78, 5) is 5.57. The van der Waals surface area contributed by atoms with Gasteiger partial charge in [0, 0.05) is 30.6 Å². The van der Waals surface area contributed by atoms with Gasteiger partial charge in [0.1, 0.15) is 11.6 Å². The Bertz CT molecular complexity index is 744. The summed E-state index contributed by atoms with van der Waals surface area (Å²) in [7, 11) is 0. The van der Waals surface area contributed by atoms with Crippen LogP contribution in [0.1, 0.15) is 5.56 Å². The van der Waals surface area contributed by atoms with E-state index < -0.39 is 11.6 Å². The van der Waals surface area contributed by atoms with Crippen molar-refractivity contribution in [3.63, 3.8) is 0 Å².